The molecule has 0 aliphatic carbocycles. The number of hydrogen-bond acceptors (Lipinski definition) is 10. The van der Waals surface area contributed by atoms with E-state index in [1.807, 2.05) is 0 Å². The van der Waals surface area contributed by atoms with Crippen LogP contribution in [0.5, 0.6) is 34.6 Å². The summed E-state index contributed by atoms with van der Waals surface area (Å²) < 4.78 is 33.3. The van der Waals surface area contributed by atoms with Crippen LogP contribution >= 0.6 is 12.2 Å². The molecule has 2 heterocycles. The number of ether oxygens (including phenoxy) is 6. The average molecular weight is 503 g/mol. The highest BCUT2D eigenvalue weighted by molar-refractivity contribution is 7.71. The van der Waals surface area contributed by atoms with Crippen molar-refractivity contribution >= 4 is 18.2 Å². The van der Waals surface area contributed by atoms with Crippen LogP contribution in [0.1, 0.15) is 27.6 Å². The molecule has 0 saturated heterocycles. The maximum atomic E-state index is 13.0. The van der Waals surface area contributed by atoms with Gasteiger partial charge in [0, 0.05) is 17.7 Å². The van der Waals surface area contributed by atoms with Gasteiger partial charge in [0.05, 0.1) is 41.2 Å². The Morgan fingerprint density at radius 3 is 2.06 bits per heavy atom. The first-order chi connectivity index (χ1) is 16.8. The first kappa shape index (κ1) is 24.0. The second-order valence-corrected chi connectivity index (χ2v) is 7.65. The molecule has 0 radical (unpaired) electrons. The quantitative estimate of drug-likeness (QED) is 0.367. The Balaban J connectivity index is 1.97. The van der Waals surface area contributed by atoms with Gasteiger partial charge in [-0.15, -0.1) is 0 Å². The lowest BCUT2D eigenvalue weighted by atomic mass is 9.99. The van der Waals surface area contributed by atoms with Gasteiger partial charge in [0.2, 0.25) is 11.6 Å². The topological polar surface area (TPSA) is 130 Å². The standard InChI is InChI=1S/C23H22N2O9S/c1-29-12-7-6-11-15(19(12)33-5)22(28)34-17(11)16-20(26)24-23(35)25(21(16)27)10-8-13(30-2)18(32-4)14(9-10)31-3/h6-9,17,27H,1-5H3,(H,24,26,35)/t17-/m1/s1. The maximum Gasteiger partial charge on any atom is 0.343 e. The molecule has 2 N–H and O–H groups in total. The van der Waals surface area contributed by atoms with Crippen LogP contribution in [0.3, 0.4) is 0 Å². The molecule has 0 fully saturated rings. The van der Waals surface area contributed by atoms with E-state index in [0.717, 1.165) is 0 Å². The fourth-order valence-electron chi connectivity index (χ4n) is 4.03. The van der Waals surface area contributed by atoms with Crippen molar-refractivity contribution < 1.29 is 38.3 Å². The second-order valence-electron chi connectivity index (χ2n) is 7.27. The van der Waals surface area contributed by atoms with Crippen LogP contribution in [0.15, 0.2) is 29.1 Å². The lowest BCUT2D eigenvalue weighted by Crippen LogP contribution is -2.22. The Morgan fingerprint density at radius 2 is 1.51 bits per heavy atom. The van der Waals surface area contributed by atoms with E-state index in [1.54, 1.807) is 24.3 Å². The number of nitrogens with one attached hydrogen (secondary N) is 1. The van der Waals surface area contributed by atoms with Crippen molar-refractivity contribution in [1.29, 1.82) is 0 Å². The molecule has 0 amide bonds. The molecule has 1 aromatic heterocycles. The van der Waals surface area contributed by atoms with E-state index in [2.05, 4.69) is 4.98 Å². The van der Waals surface area contributed by atoms with Gasteiger partial charge in [0.1, 0.15) is 11.1 Å². The molecule has 1 aliphatic rings. The third-order valence-electron chi connectivity index (χ3n) is 5.58. The van der Waals surface area contributed by atoms with Gasteiger partial charge < -0.3 is 33.5 Å². The number of fused-ring (bicyclic) bond motifs is 1. The smallest absolute Gasteiger partial charge is 0.343 e. The summed E-state index contributed by atoms with van der Waals surface area (Å²) >= 11 is 5.33. The van der Waals surface area contributed by atoms with Gasteiger partial charge >= 0.3 is 5.97 Å². The Hall–Kier alpha value is -4.19. The number of hydrogen-bond donors (Lipinski definition) is 2. The molecule has 35 heavy (non-hydrogen) atoms. The van der Waals surface area contributed by atoms with E-state index in [0.29, 0.717) is 34.2 Å². The molecule has 0 saturated carbocycles. The molecule has 3 aromatic rings. The van der Waals surface area contributed by atoms with Crippen LogP contribution in [0.25, 0.3) is 5.69 Å². The summed E-state index contributed by atoms with van der Waals surface area (Å²) in [5.41, 5.74) is -0.237. The van der Waals surface area contributed by atoms with Crippen molar-refractivity contribution in [3.05, 3.63) is 56.1 Å². The van der Waals surface area contributed by atoms with Crippen LogP contribution < -0.4 is 29.2 Å². The zero-order chi connectivity index (χ0) is 25.4. The average Bonchev–Trinajstić information content (AvgIpc) is 3.18. The fourth-order valence-corrected chi connectivity index (χ4v) is 4.31. The number of aromatic hydroxyl groups is 1. The number of H-pyrrole nitrogens is 1. The monoisotopic (exact) mass is 502 g/mol. The minimum absolute atomic E-state index is 0.0948. The van der Waals surface area contributed by atoms with Gasteiger partial charge in [-0.25, -0.2) is 4.79 Å². The number of aromatic amines is 1. The fraction of sp³-hybridized carbons (Fsp3) is 0.261. The molecule has 11 nitrogen and oxygen atoms in total. The summed E-state index contributed by atoms with van der Waals surface area (Å²) in [5.74, 6) is 0.126. The molecule has 12 heteroatoms. The van der Waals surface area contributed by atoms with Gasteiger partial charge in [-0.1, -0.05) is 6.07 Å². The van der Waals surface area contributed by atoms with E-state index >= 15 is 0 Å². The predicted molar refractivity (Wildman–Crippen MR) is 125 cm³/mol. The Morgan fingerprint density at radius 1 is 0.914 bits per heavy atom. The van der Waals surface area contributed by atoms with Crippen LogP contribution in [0.4, 0.5) is 0 Å². The number of rotatable bonds is 7. The molecule has 2 aromatic carbocycles. The number of esters is 1. The van der Waals surface area contributed by atoms with Gasteiger partial charge in [0.15, 0.2) is 33.9 Å². The largest absolute Gasteiger partial charge is 0.494 e. The highest BCUT2D eigenvalue weighted by Crippen LogP contribution is 2.46. The molecular weight excluding hydrogens is 480 g/mol. The van der Waals surface area contributed by atoms with Gasteiger partial charge in [-0.2, -0.15) is 0 Å². The molecule has 0 spiro atoms. The van der Waals surface area contributed by atoms with Crippen molar-refractivity contribution in [1.82, 2.24) is 9.55 Å². The van der Waals surface area contributed by atoms with E-state index in [9.17, 15) is 14.7 Å². The van der Waals surface area contributed by atoms with E-state index < -0.39 is 23.5 Å². The zero-order valence-electron chi connectivity index (χ0n) is 19.5. The Labute approximate surface area is 204 Å². The maximum absolute atomic E-state index is 13.0. The van der Waals surface area contributed by atoms with Gasteiger partial charge in [-0.05, 0) is 18.3 Å². The van der Waals surface area contributed by atoms with Crippen molar-refractivity contribution in [2.75, 3.05) is 35.5 Å². The van der Waals surface area contributed by atoms with Crippen molar-refractivity contribution in [2.24, 2.45) is 0 Å². The first-order valence-corrected chi connectivity index (χ1v) is 10.6. The number of nitrogens with zero attached hydrogens (tertiary/aromatic N) is 1. The summed E-state index contributed by atoms with van der Waals surface area (Å²) in [6.07, 6.45) is -1.23. The SMILES string of the molecule is COc1cc(-n2c(O)c([C@@H]3OC(=O)c4c3ccc(OC)c4OC)c(=O)[nH]c2=S)cc(OC)c1OC. The highest BCUT2D eigenvalue weighted by atomic mass is 32.1. The van der Waals surface area contributed by atoms with E-state index in [1.165, 1.54) is 40.1 Å². The molecule has 0 bridgehead atoms. The normalized spacial score (nSPS) is 14.2. The molecule has 184 valence electrons. The lowest BCUT2D eigenvalue weighted by molar-refractivity contribution is 0.0447. The Bertz CT molecular complexity index is 1420. The third-order valence-corrected chi connectivity index (χ3v) is 5.86. The second kappa shape index (κ2) is 9.22. The van der Waals surface area contributed by atoms with E-state index in [-0.39, 0.29) is 21.6 Å². The Kier molecular flexibility index (Phi) is 6.31. The van der Waals surface area contributed by atoms with E-state index in [4.69, 9.17) is 40.6 Å². The number of aromatic nitrogens is 2. The summed E-state index contributed by atoms with van der Waals surface area (Å²) in [7, 11) is 7.15. The summed E-state index contributed by atoms with van der Waals surface area (Å²) in [4.78, 5) is 28.2. The first-order valence-electron chi connectivity index (χ1n) is 10.2. The van der Waals surface area contributed by atoms with Crippen LogP contribution in [0.2, 0.25) is 0 Å². The minimum atomic E-state index is -1.23. The number of methoxy groups -OCH3 is 5. The zero-order valence-corrected chi connectivity index (χ0v) is 20.3. The summed E-state index contributed by atoms with van der Waals surface area (Å²) in [6, 6.07) is 6.23. The third kappa shape index (κ3) is 3.71. The minimum Gasteiger partial charge on any atom is -0.494 e. The molecule has 1 atom stereocenters. The van der Waals surface area contributed by atoms with Crippen LogP contribution in [0, 0.1) is 4.77 Å². The number of carbonyl (C=O) groups is 1. The number of benzene rings is 2. The number of carbonyl (C=O) groups excluding carboxylic acids is 1. The molecule has 1 aliphatic heterocycles. The predicted octanol–water partition coefficient (Wildman–Crippen LogP) is 2.90. The molecular formula is C23H22N2O9S. The van der Waals surface area contributed by atoms with Gasteiger partial charge in [-0.3, -0.25) is 14.3 Å². The van der Waals surface area contributed by atoms with Crippen LogP contribution in [-0.4, -0.2) is 56.2 Å². The van der Waals surface area contributed by atoms with Gasteiger partial charge in [0.25, 0.3) is 5.56 Å². The highest BCUT2D eigenvalue weighted by Gasteiger charge is 2.40. The van der Waals surface area contributed by atoms with Crippen molar-refractivity contribution in [2.45, 2.75) is 6.10 Å². The summed E-state index contributed by atoms with van der Waals surface area (Å²) in [5, 5.41) is 11.3. The van der Waals surface area contributed by atoms with Crippen LogP contribution in [-0.2, 0) is 4.74 Å². The van der Waals surface area contributed by atoms with Crippen molar-refractivity contribution in [3.63, 3.8) is 0 Å². The molecule has 0 unspecified atom stereocenters. The summed E-state index contributed by atoms with van der Waals surface area (Å²) in [6.45, 7) is 0. The van der Waals surface area contributed by atoms with Crippen molar-refractivity contribution in [3.8, 4) is 40.3 Å². The number of cyclic esters (lactones) is 1. The molecule has 4 rings (SSSR count). The lowest BCUT2D eigenvalue weighted by Gasteiger charge is -2.19.